The van der Waals surface area contributed by atoms with E-state index in [2.05, 4.69) is 22.5 Å². The number of ketones is 1. The highest BCUT2D eigenvalue weighted by molar-refractivity contribution is 6.40. The number of carboxylic acids is 1. The summed E-state index contributed by atoms with van der Waals surface area (Å²) in [5, 5.41) is 16.5. The Labute approximate surface area is 234 Å². The second-order valence-corrected chi connectivity index (χ2v) is 11.0. The summed E-state index contributed by atoms with van der Waals surface area (Å²) in [5.74, 6) is -1.73. The number of nitrogens with zero attached hydrogens (tertiary/aromatic N) is 1. The minimum absolute atomic E-state index is 0.0863. The molecule has 0 spiro atoms. The van der Waals surface area contributed by atoms with Crippen LogP contribution in [-0.2, 0) is 9.59 Å². The van der Waals surface area contributed by atoms with E-state index in [1.54, 1.807) is 24.3 Å². The Kier molecular flexibility index (Phi) is 9.96. The van der Waals surface area contributed by atoms with Gasteiger partial charge in [0.2, 0.25) is 0 Å². The number of allylic oxidation sites excluding steroid dienone is 2. The molecule has 204 valence electrons. The molecule has 3 N–H and O–H groups in total. The highest BCUT2D eigenvalue weighted by Crippen LogP contribution is 2.44. The molecule has 1 amide bonds. The Morgan fingerprint density at radius 2 is 1.66 bits per heavy atom. The van der Waals surface area contributed by atoms with Crippen LogP contribution in [0.1, 0.15) is 88.1 Å². The van der Waals surface area contributed by atoms with Gasteiger partial charge in [0.15, 0.2) is 5.78 Å². The monoisotopic (exact) mass is 559 g/mol. The van der Waals surface area contributed by atoms with Crippen molar-refractivity contribution >= 4 is 46.5 Å². The molecular weight excluding hydrogens is 525 g/mol. The number of Topliss-reactive ketones (excluding diaryl/α,β-unsaturated/α-hetero) is 1. The third kappa shape index (κ3) is 6.38. The smallest absolute Gasteiger partial charge is 0.326 e. The van der Waals surface area contributed by atoms with Gasteiger partial charge in [-0.25, -0.2) is 4.79 Å². The molecule has 0 fully saturated rings. The maximum Gasteiger partial charge on any atom is 0.326 e. The zero-order valence-electron chi connectivity index (χ0n) is 22.2. The number of pyridine rings is 1. The molecule has 2 atom stereocenters. The molecule has 0 bridgehead atoms. The molecule has 7 nitrogen and oxygen atoms in total. The van der Waals surface area contributed by atoms with Gasteiger partial charge in [-0.3, -0.25) is 14.6 Å². The molecule has 3 rings (SSSR count). The Morgan fingerprint density at radius 1 is 1.03 bits per heavy atom. The van der Waals surface area contributed by atoms with E-state index in [0.717, 1.165) is 42.5 Å². The van der Waals surface area contributed by atoms with Crippen molar-refractivity contribution in [1.29, 1.82) is 0 Å². The average Bonchev–Trinajstić information content (AvgIpc) is 2.87. The van der Waals surface area contributed by atoms with Crippen LogP contribution in [0.25, 0.3) is 0 Å². The fourth-order valence-corrected chi connectivity index (χ4v) is 5.48. The Morgan fingerprint density at radius 3 is 2.21 bits per heavy atom. The lowest BCUT2D eigenvalue weighted by molar-refractivity contribution is -0.140. The number of aliphatic carboxylic acids is 1. The zero-order valence-corrected chi connectivity index (χ0v) is 23.7. The molecule has 1 aromatic heterocycles. The molecule has 2 aromatic rings. The van der Waals surface area contributed by atoms with Gasteiger partial charge in [0.05, 0.1) is 21.0 Å². The third-order valence-electron chi connectivity index (χ3n) is 7.13. The van der Waals surface area contributed by atoms with E-state index in [1.165, 1.54) is 12.4 Å². The van der Waals surface area contributed by atoms with E-state index in [4.69, 9.17) is 23.2 Å². The van der Waals surface area contributed by atoms with Gasteiger partial charge in [-0.15, -0.1) is 0 Å². The number of carboxylic acid groups (broad SMARTS) is 1. The van der Waals surface area contributed by atoms with E-state index in [0.29, 0.717) is 18.5 Å². The molecule has 1 aromatic carbocycles. The van der Waals surface area contributed by atoms with Gasteiger partial charge < -0.3 is 15.7 Å². The Hall–Kier alpha value is -2.90. The lowest BCUT2D eigenvalue weighted by Crippen LogP contribution is -2.52. The normalized spacial score (nSPS) is 16.0. The topological polar surface area (TPSA) is 108 Å². The molecule has 9 heteroatoms. The zero-order chi connectivity index (χ0) is 28.0. The van der Waals surface area contributed by atoms with Gasteiger partial charge in [0.25, 0.3) is 5.91 Å². The number of hydrogen-bond acceptors (Lipinski definition) is 5. The van der Waals surface area contributed by atoms with Gasteiger partial charge in [-0.2, -0.15) is 0 Å². The molecular formula is C29H35Cl2N3O4. The number of carbonyl (C=O) groups is 3. The molecule has 1 unspecified atom stereocenters. The van der Waals surface area contributed by atoms with Gasteiger partial charge in [-0.1, -0.05) is 68.4 Å². The van der Waals surface area contributed by atoms with Gasteiger partial charge >= 0.3 is 5.97 Å². The first-order chi connectivity index (χ1) is 18.0. The number of carbonyl (C=O) groups excluding carboxylic acids is 2. The number of benzene rings is 1. The summed E-state index contributed by atoms with van der Waals surface area (Å²) in [4.78, 5) is 41.8. The predicted molar refractivity (Wildman–Crippen MR) is 151 cm³/mol. The van der Waals surface area contributed by atoms with E-state index >= 15 is 0 Å². The summed E-state index contributed by atoms with van der Waals surface area (Å²) < 4.78 is 0. The van der Waals surface area contributed by atoms with Crippen LogP contribution in [0.4, 0.5) is 5.69 Å². The third-order valence-corrected chi connectivity index (χ3v) is 7.71. The highest BCUT2D eigenvalue weighted by Gasteiger charge is 2.47. The number of rotatable bonds is 13. The molecule has 0 radical (unpaired) electrons. The molecule has 0 saturated heterocycles. The fraction of sp³-hybridized carbons (Fsp3) is 0.448. The Bertz CT molecular complexity index is 1200. The van der Waals surface area contributed by atoms with Crippen molar-refractivity contribution in [3.8, 4) is 0 Å². The molecule has 0 saturated carbocycles. The maximum atomic E-state index is 12.8. The first-order valence-corrected chi connectivity index (χ1v) is 13.8. The first-order valence-electron chi connectivity index (χ1n) is 13.0. The number of halogens is 2. The summed E-state index contributed by atoms with van der Waals surface area (Å²) >= 11 is 12.2. The van der Waals surface area contributed by atoms with Crippen LogP contribution in [0, 0.1) is 5.41 Å². The lowest BCUT2D eigenvalue weighted by atomic mass is 9.67. The van der Waals surface area contributed by atoms with Crippen LogP contribution >= 0.6 is 23.2 Å². The predicted octanol–water partition coefficient (Wildman–Crippen LogP) is 7.01. The van der Waals surface area contributed by atoms with Crippen LogP contribution in [0.5, 0.6) is 0 Å². The van der Waals surface area contributed by atoms with Crippen LogP contribution in [0.2, 0.25) is 10.0 Å². The number of hydrogen-bond donors (Lipinski definition) is 3. The lowest BCUT2D eigenvalue weighted by Gasteiger charge is -2.42. The maximum absolute atomic E-state index is 12.8. The molecule has 1 aliphatic carbocycles. The van der Waals surface area contributed by atoms with E-state index in [9.17, 15) is 19.5 Å². The second-order valence-electron chi connectivity index (χ2n) is 10.1. The van der Waals surface area contributed by atoms with Crippen molar-refractivity contribution < 1.29 is 19.5 Å². The number of unbranched alkanes of at least 4 members (excludes halogenated alkanes) is 3. The van der Waals surface area contributed by atoms with Crippen LogP contribution in [0.15, 0.2) is 47.9 Å². The molecule has 38 heavy (non-hydrogen) atoms. The van der Waals surface area contributed by atoms with Crippen LogP contribution in [0.3, 0.4) is 0 Å². The quantitative estimate of drug-likeness (QED) is 0.228. The number of aromatic nitrogens is 1. The van der Waals surface area contributed by atoms with Crippen molar-refractivity contribution in [1.82, 2.24) is 10.3 Å². The molecule has 0 aliphatic heterocycles. The summed E-state index contributed by atoms with van der Waals surface area (Å²) in [6.45, 7) is 7.75. The SMILES string of the molecule is CCCCCCC1=C(N[C@H](C(=O)O)C(CC)c2ccc(NC(=O)c3c(Cl)cncc3Cl)cc2)C(C)(C)C1=O. The fourth-order valence-electron chi connectivity index (χ4n) is 4.94. The minimum atomic E-state index is -0.982. The largest absolute Gasteiger partial charge is 0.480 e. The van der Waals surface area contributed by atoms with Crippen molar-refractivity contribution in [3.63, 3.8) is 0 Å². The van der Waals surface area contributed by atoms with Crippen molar-refractivity contribution in [3.05, 3.63) is 69.1 Å². The standard InChI is InChI=1S/C29H35Cl2N3O4/c1-5-7-8-9-10-20-25(29(3,4)26(20)35)34-24(28(37)38)19(6-2)17-11-13-18(14-12-17)33-27(36)23-21(30)15-32-16-22(23)31/h11-16,19,24,34H,5-10H2,1-4H3,(H,33,36)(H,37,38)/t19?,24-/m0/s1. The summed E-state index contributed by atoms with van der Waals surface area (Å²) in [7, 11) is 0. The van der Waals surface area contributed by atoms with Crippen LogP contribution in [-0.4, -0.2) is 33.8 Å². The molecule has 1 aliphatic rings. The van der Waals surface area contributed by atoms with Crippen molar-refractivity contribution in [2.45, 2.75) is 78.2 Å². The summed E-state index contributed by atoms with van der Waals surface area (Å²) in [6, 6.07) is 6.12. The van der Waals surface area contributed by atoms with Crippen molar-refractivity contribution in [2.24, 2.45) is 5.41 Å². The second kappa shape index (κ2) is 12.8. The Balaban J connectivity index is 1.79. The van der Waals surface area contributed by atoms with Crippen molar-refractivity contribution in [2.75, 3.05) is 5.32 Å². The minimum Gasteiger partial charge on any atom is -0.480 e. The van der Waals surface area contributed by atoms with Gasteiger partial charge in [0, 0.05) is 35.3 Å². The van der Waals surface area contributed by atoms with Gasteiger partial charge in [-0.05, 0) is 50.8 Å². The number of nitrogens with one attached hydrogen (secondary N) is 2. The summed E-state index contributed by atoms with van der Waals surface area (Å²) in [6.07, 6.45) is 8.09. The van der Waals surface area contributed by atoms with E-state index < -0.39 is 23.3 Å². The first kappa shape index (κ1) is 29.7. The van der Waals surface area contributed by atoms with Gasteiger partial charge in [0.1, 0.15) is 6.04 Å². The number of anilines is 1. The van der Waals surface area contributed by atoms with E-state index in [-0.39, 0.29) is 27.3 Å². The van der Waals surface area contributed by atoms with Crippen LogP contribution < -0.4 is 10.6 Å². The number of amides is 1. The highest BCUT2D eigenvalue weighted by atomic mass is 35.5. The summed E-state index contributed by atoms with van der Waals surface area (Å²) in [5.41, 5.74) is 2.18. The molecule has 1 heterocycles. The van der Waals surface area contributed by atoms with E-state index in [1.807, 2.05) is 20.8 Å². The average molecular weight is 561 g/mol.